The zero-order chi connectivity index (χ0) is 18.3. The van der Waals surface area contributed by atoms with E-state index in [-0.39, 0.29) is 24.2 Å². The third-order valence-electron chi connectivity index (χ3n) is 6.51. The number of nitrogens with zero attached hydrogens (tertiary/aromatic N) is 2. The molecule has 1 amide bonds. The van der Waals surface area contributed by atoms with E-state index in [1.165, 1.54) is 5.56 Å². The van der Waals surface area contributed by atoms with Crippen LogP contribution in [0.15, 0.2) is 24.3 Å². The molecule has 27 heavy (non-hydrogen) atoms. The lowest BCUT2D eigenvalue weighted by atomic mass is 9.81. The maximum absolute atomic E-state index is 13.0. The van der Waals surface area contributed by atoms with Crippen molar-refractivity contribution >= 4 is 24.3 Å². The summed E-state index contributed by atoms with van der Waals surface area (Å²) in [5, 5.41) is 9.73. The number of hydrogen-bond acceptors (Lipinski definition) is 3. The molecule has 0 spiro atoms. The summed E-state index contributed by atoms with van der Waals surface area (Å²) in [7, 11) is 0. The molecule has 0 radical (unpaired) electrons. The molecular weight excluding hydrogens is 364 g/mol. The number of aliphatic carboxylic acids is 1. The Morgan fingerprint density at radius 3 is 2.52 bits per heavy atom. The number of hydrogen-bond donors (Lipinski definition) is 1. The van der Waals surface area contributed by atoms with Crippen LogP contribution in [0.2, 0.25) is 0 Å². The molecule has 6 heteroatoms. The van der Waals surface area contributed by atoms with E-state index in [0.717, 1.165) is 44.2 Å². The van der Waals surface area contributed by atoms with Crippen molar-refractivity contribution in [1.82, 2.24) is 9.80 Å². The first-order chi connectivity index (χ1) is 12.5. The van der Waals surface area contributed by atoms with E-state index in [9.17, 15) is 14.7 Å². The minimum atomic E-state index is -0.673. The Labute approximate surface area is 167 Å². The highest BCUT2D eigenvalue weighted by Crippen LogP contribution is 2.48. The average molecular weight is 393 g/mol. The number of amides is 1. The van der Waals surface area contributed by atoms with Crippen LogP contribution in [0.25, 0.3) is 0 Å². The number of likely N-dealkylation sites (tertiary alicyclic amines) is 1. The zero-order valence-corrected chi connectivity index (χ0v) is 16.7. The number of carboxylic acid groups (broad SMARTS) is 1. The van der Waals surface area contributed by atoms with Gasteiger partial charge in [0, 0.05) is 25.7 Å². The molecule has 0 bridgehead atoms. The minimum absolute atomic E-state index is 0. The summed E-state index contributed by atoms with van der Waals surface area (Å²) in [6, 6.07) is 8.72. The highest BCUT2D eigenvalue weighted by atomic mass is 35.5. The van der Waals surface area contributed by atoms with Gasteiger partial charge in [0.2, 0.25) is 5.91 Å². The maximum atomic E-state index is 13.0. The van der Waals surface area contributed by atoms with Gasteiger partial charge in [0.05, 0.1) is 12.0 Å². The molecule has 1 aliphatic heterocycles. The Hall–Kier alpha value is -1.59. The molecule has 148 valence electrons. The summed E-state index contributed by atoms with van der Waals surface area (Å²) >= 11 is 0. The highest BCUT2D eigenvalue weighted by molar-refractivity contribution is 5.85. The first-order valence-corrected chi connectivity index (χ1v) is 9.79. The molecule has 0 aromatic heterocycles. The lowest BCUT2D eigenvalue weighted by Crippen LogP contribution is -2.42. The number of fused-ring (bicyclic) bond motifs is 1. The van der Waals surface area contributed by atoms with Gasteiger partial charge in [0.15, 0.2) is 0 Å². The molecule has 2 aliphatic carbocycles. The van der Waals surface area contributed by atoms with E-state index in [0.29, 0.717) is 25.7 Å². The van der Waals surface area contributed by atoms with E-state index < -0.39 is 11.4 Å². The van der Waals surface area contributed by atoms with Gasteiger partial charge in [-0.2, -0.15) is 0 Å². The second-order valence-electron chi connectivity index (χ2n) is 8.46. The molecule has 4 rings (SSSR count). The molecule has 2 atom stereocenters. The fourth-order valence-corrected chi connectivity index (χ4v) is 4.84. The van der Waals surface area contributed by atoms with Crippen molar-refractivity contribution in [2.75, 3.05) is 19.6 Å². The first kappa shape index (κ1) is 20.2. The number of carboxylic acids is 1. The van der Waals surface area contributed by atoms with Crippen LogP contribution >= 0.6 is 12.4 Å². The smallest absolute Gasteiger partial charge is 0.311 e. The van der Waals surface area contributed by atoms with Crippen molar-refractivity contribution < 1.29 is 14.7 Å². The lowest BCUT2D eigenvalue weighted by Gasteiger charge is -2.27. The van der Waals surface area contributed by atoms with Crippen LogP contribution in [-0.2, 0) is 16.1 Å². The third-order valence-corrected chi connectivity index (χ3v) is 6.51. The highest BCUT2D eigenvalue weighted by Gasteiger charge is 2.55. The summed E-state index contributed by atoms with van der Waals surface area (Å²) in [4.78, 5) is 28.9. The average Bonchev–Trinajstić information content (AvgIpc) is 3.26. The minimum Gasteiger partial charge on any atom is -0.481 e. The van der Waals surface area contributed by atoms with Crippen molar-refractivity contribution in [1.29, 1.82) is 0 Å². The Morgan fingerprint density at radius 1 is 1.22 bits per heavy atom. The van der Waals surface area contributed by atoms with Crippen molar-refractivity contribution in [3.63, 3.8) is 0 Å². The molecule has 3 fully saturated rings. The topological polar surface area (TPSA) is 60.9 Å². The molecule has 2 saturated carbocycles. The molecule has 1 heterocycles. The van der Waals surface area contributed by atoms with Crippen LogP contribution in [0.4, 0.5) is 0 Å². The summed E-state index contributed by atoms with van der Waals surface area (Å²) in [6.45, 7) is 4.36. The van der Waals surface area contributed by atoms with Crippen molar-refractivity contribution in [3.8, 4) is 0 Å². The molecule has 1 aromatic rings. The first-order valence-electron chi connectivity index (χ1n) is 9.79. The Bertz CT molecular complexity index is 704. The molecular formula is C21H29ClN2O3. The van der Waals surface area contributed by atoms with Gasteiger partial charge >= 0.3 is 5.97 Å². The van der Waals surface area contributed by atoms with Crippen LogP contribution in [0.1, 0.15) is 43.2 Å². The van der Waals surface area contributed by atoms with Gasteiger partial charge in [-0.05, 0) is 44.1 Å². The summed E-state index contributed by atoms with van der Waals surface area (Å²) in [5.41, 5.74) is 1.78. The summed E-state index contributed by atoms with van der Waals surface area (Å²) in [6.07, 6.45) is 4.90. The van der Waals surface area contributed by atoms with E-state index in [1.54, 1.807) is 0 Å². The standard InChI is InChI=1S/C21H28N2O3.ClH/c1-15-4-6-16(7-5-15)11-23(18-8-9-18)19(24)13-22-12-17-3-2-10-21(17,14-22)20(25)26;/h4-7,17-18H,2-3,8-14H2,1H3,(H,25,26);1H/t17-,21+;/m0./s1. The molecule has 3 aliphatic rings. The maximum Gasteiger partial charge on any atom is 0.311 e. The lowest BCUT2D eigenvalue weighted by molar-refractivity contribution is -0.149. The normalized spacial score (nSPS) is 27.1. The van der Waals surface area contributed by atoms with Crippen LogP contribution in [0.3, 0.4) is 0 Å². The van der Waals surface area contributed by atoms with Gasteiger partial charge in [-0.3, -0.25) is 14.5 Å². The molecule has 0 unspecified atom stereocenters. The van der Waals surface area contributed by atoms with Gasteiger partial charge in [0.1, 0.15) is 0 Å². The second-order valence-corrected chi connectivity index (χ2v) is 8.46. The number of aryl methyl sites for hydroxylation is 1. The molecule has 1 N–H and O–H groups in total. The largest absolute Gasteiger partial charge is 0.481 e. The van der Waals surface area contributed by atoms with Crippen LogP contribution in [0.5, 0.6) is 0 Å². The number of carbonyl (C=O) groups excluding carboxylic acids is 1. The van der Waals surface area contributed by atoms with Crippen LogP contribution < -0.4 is 0 Å². The van der Waals surface area contributed by atoms with E-state index in [2.05, 4.69) is 36.1 Å². The van der Waals surface area contributed by atoms with Gasteiger partial charge in [-0.1, -0.05) is 36.2 Å². The summed E-state index contributed by atoms with van der Waals surface area (Å²) < 4.78 is 0. The number of carbonyl (C=O) groups is 2. The van der Waals surface area contributed by atoms with Gasteiger partial charge in [-0.15, -0.1) is 12.4 Å². The predicted molar refractivity (Wildman–Crippen MR) is 106 cm³/mol. The second kappa shape index (κ2) is 7.80. The molecule has 1 saturated heterocycles. The fourth-order valence-electron chi connectivity index (χ4n) is 4.84. The molecule has 1 aromatic carbocycles. The monoisotopic (exact) mass is 392 g/mol. The zero-order valence-electron chi connectivity index (χ0n) is 15.9. The van der Waals surface area contributed by atoms with Crippen molar-refractivity contribution in [2.24, 2.45) is 11.3 Å². The molecule has 5 nitrogen and oxygen atoms in total. The van der Waals surface area contributed by atoms with E-state index in [4.69, 9.17) is 0 Å². The quantitative estimate of drug-likeness (QED) is 0.808. The summed E-state index contributed by atoms with van der Waals surface area (Å²) in [5.74, 6) is -0.318. The van der Waals surface area contributed by atoms with Crippen LogP contribution in [-0.4, -0.2) is 52.5 Å². The number of benzene rings is 1. The van der Waals surface area contributed by atoms with Gasteiger partial charge in [0.25, 0.3) is 0 Å². The number of rotatable bonds is 6. The number of halogens is 1. The van der Waals surface area contributed by atoms with Gasteiger partial charge in [-0.25, -0.2) is 0 Å². The predicted octanol–water partition coefficient (Wildman–Crippen LogP) is 3.09. The third kappa shape index (κ3) is 3.99. The van der Waals surface area contributed by atoms with E-state index in [1.807, 2.05) is 4.90 Å². The van der Waals surface area contributed by atoms with E-state index >= 15 is 0 Å². The SMILES string of the molecule is Cc1ccc(CN(C(=O)CN2C[C@@H]3CCC[C@@]3(C(=O)O)C2)C2CC2)cc1.Cl. The Kier molecular flexibility index (Phi) is 5.82. The van der Waals surface area contributed by atoms with Crippen LogP contribution in [0, 0.1) is 18.3 Å². The Balaban J connectivity index is 0.00000210. The fraction of sp³-hybridized carbons (Fsp3) is 0.619. The Morgan fingerprint density at radius 2 is 1.93 bits per heavy atom. The van der Waals surface area contributed by atoms with Crippen molar-refractivity contribution in [3.05, 3.63) is 35.4 Å². The van der Waals surface area contributed by atoms with Crippen molar-refractivity contribution in [2.45, 2.75) is 51.6 Å². The van der Waals surface area contributed by atoms with Gasteiger partial charge < -0.3 is 10.0 Å².